The standard InChI is InChI=1S/C18H18FN5O/c1-11-4-5-20-17(21-11)23-7-12-9-24(10-13(12)8-23)18-22-15-3-2-14(19)6-16(15)25-18/h2-6,12-13H,7-10H2,1H3. The number of oxazole rings is 1. The van der Waals surface area contributed by atoms with E-state index in [0.29, 0.717) is 29.0 Å². The predicted molar refractivity (Wildman–Crippen MR) is 92.1 cm³/mol. The van der Waals surface area contributed by atoms with Gasteiger partial charge in [-0.1, -0.05) is 0 Å². The number of hydrogen-bond donors (Lipinski definition) is 0. The maximum Gasteiger partial charge on any atom is 0.298 e. The Kier molecular flexibility index (Phi) is 3.16. The molecule has 0 saturated carbocycles. The fraction of sp³-hybridized carbons (Fsp3) is 0.389. The fourth-order valence-electron chi connectivity index (χ4n) is 3.92. The second kappa shape index (κ2) is 5.40. The summed E-state index contributed by atoms with van der Waals surface area (Å²) >= 11 is 0. The lowest BCUT2D eigenvalue weighted by Crippen LogP contribution is -2.29. The van der Waals surface area contributed by atoms with Crippen LogP contribution in [0.4, 0.5) is 16.4 Å². The summed E-state index contributed by atoms with van der Waals surface area (Å²) in [6, 6.07) is 6.96. The number of benzene rings is 1. The van der Waals surface area contributed by atoms with E-state index in [-0.39, 0.29) is 5.82 Å². The van der Waals surface area contributed by atoms with Crippen molar-refractivity contribution >= 4 is 23.1 Å². The first kappa shape index (κ1) is 14.6. The van der Waals surface area contributed by atoms with E-state index in [4.69, 9.17) is 4.42 Å². The maximum atomic E-state index is 13.3. The molecule has 0 radical (unpaired) electrons. The van der Waals surface area contributed by atoms with Crippen LogP contribution >= 0.6 is 0 Å². The van der Waals surface area contributed by atoms with Gasteiger partial charge in [-0.15, -0.1) is 0 Å². The molecule has 2 aliphatic heterocycles. The lowest BCUT2D eigenvalue weighted by atomic mass is 10.0. The molecule has 7 heteroatoms. The van der Waals surface area contributed by atoms with Crippen molar-refractivity contribution in [3.63, 3.8) is 0 Å². The molecular weight excluding hydrogens is 321 g/mol. The highest BCUT2D eigenvalue weighted by Gasteiger charge is 2.42. The Morgan fingerprint density at radius 3 is 2.56 bits per heavy atom. The molecule has 5 rings (SSSR count). The number of rotatable bonds is 2. The van der Waals surface area contributed by atoms with E-state index in [0.717, 1.165) is 37.8 Å². The van der Waals surface area contributed by atoms with Crippen LogP contribution in [0.3, 0.4) is 0 Å². The lowest BCUT2D eigenvalue weighted by molar-refractivity contribution is 0.533. The smallest absolute Gasteiger partial charge is 0.298 e. The summed E-state index contributed by atoms with van der Waals surface area (Å²) in [6.45, 7) is 5.66. The first-order chi connectivity index (χ1) is 12.2. The van der Waals surface area contributed by atoms with Crippen LogP contribution in [0, 0.1) is 24.6 Å². The molecule has 0 aliphatic carbocycles. The van der Waals surface area contributed by atoms with Gasteiger partial charge in [0.05, 0.1) is 0 Å². The quantitative estimate of drug-likeness (QED) is 0.715. The molecule has 6 nitrogen and oxygen atoms in total. The Bertz CT molecular complexity index is 928. The molecule has 2 saturated heterocycles. The molecule has 0 spiro atoms. The number of nitrogens with zero attached hydrogens (tertiary/aromatic N) is 5. The molecule has 0 bridgehead atoms. The van der Waals surface area contributed by atoms with Crippen LogP contribution < -0.4 is 9.80 Å². The van der Waals surface area contributed by atoms with Crippen LogP contribution in [0.1, 0.15) is 5.69 Å². The van der Waals surface area contributed by atoms with Gasteiger partial charge in [-0.2, -0.15) is 4.98 Å². The molecule has 2 aromatic heterocycles. The molecule has 3 aromatic rings. The Morgan fingerprint density at radius 1 is 1.04 bits per heavy atom. The molecule has 2 aliphatic rings. The Hall–Kier alpha value is -2.70. The van der Waals surface area contributed by atoms with Gasteiger partial charge in [-0.3, -0.25) is 0 Å². The third kappa shape index (κ3) is 2.50. The van der Waals surface area contributed by atoms with E-state index in [1.165, 1.54) is 12.1 Å². The van der Waals surface area contributed by atoms with Gasteiger partial charge in [0.25, 0.3) is 6.01 Å². The summed E-state index contributed by atoms with van der Waals surface area (Å²) < 4.78 is 19.1. The normalized spacial score (nSPS) is 22.8. The number of hydrogen-bond acceptors (Lipinski definition) is 6. The van der Waals surface area contributed by atoms with E-state index in [1.807, 2.05) is 19.2 Å². The molecule has 128 valence electrons. The van der Waals surface area contributed by atoms with Crippen molar-refractivity contribution in [2.45, 2.75) is 6.92 Å². The third-order valence-electron chi connectivity index (χ3n) is 5.16. The zero-order chi connectivity index (χ0) is 17.0. The van der Waals surface area contributed by atoms with Crippen molar-refractivity contribution in [1.29, 1.82) is 0 Å². The zero-order valence-electron chi connectivity index (χ0n) is 13.9. The molecule has 0 amide bonds. The van der Waals surface area contributed by atoms with E-state index < -0.39 is 0 Å². The zero-order valence-corrected chi connectivity index (χ0v) is 13.9. The van der Waals surface area contributed by atoms with E-state index in [1.54, 1.807) is 6.07 Å². The van der Waals surface area contributed by atoms with Crippen LogP contribution in [0.2, 0.25) is 0 Å². The van der Waals surface area contributed by atoms with E-state index in [9.17, 15) is 4.39 Å². The Morgan fingerprint density at radius 2 is 1.80 bits per heavy atom. The van der Waals surface area contributed by atoms with E-state index >= 15 is 0 Å². The number of halogens is 1. The third-order valence-corrected chi connectivity index (χ3v) is 5.16. The molecule has 0 N–H and O–H groups in total. The molecule has 1 aromatic carbocycles. The van der Waals surface area contributed by atoms with Crippen molar-refractivity contribution < 1.29 is 8.81 Å². The minimum absolute atomic E-state index is 0.303. The summed E-state index contributed by atoms with van der Waals surface area (Å²) in [5.41, 5.74) is 2.19. The minimum atomic E-state index is -0.303. The van der Waals surface area contributed by atoms with Crippen molar-refractivity contribution in [2.24, 2.45) is 11.8 Å². The van der Waals surface area contributed by atoms with Gasteiger partial charge < -0.3 is 14.2 Å². The van der Waals surface area contributed by atoms with Gasteiger partial charge in [0, 0.05) is 56.0 Å². The van der Waals surface area contributed by atoms with Crippen molar-refractivity contribution in [3.8, 4) is 0 Å². The lowest BCUT2D eigenvalue weighted by Gasteiger charge is -2.20. The second-order valence-electron chi connectivity index (χ2n) is 6.94. The maximum absolute atomic E-state index is 13.3. The van der Waals surface area contributed by atoms with Gasteiger partial charge >= 0.3 is 0 Å². The van der Waals surface area contributed by atoms with Crippen molar-refractivity contribution in [3.05, 3.63) is 42.0 Å². The fourth-order valence-corrected chi connectivity index (χ4v) is 3.92. The highest BCUT2D eigenvalue weighted by atomic mass is 19.1. The monoisotopic (exact) mass is 339 g/mol. The van der Waals surface area contributed by atoms with Gasteiger partial charge in [0.2, 0.25) is 5.95 Å². The highest BCUT2D eigenvalue weighted by Crippen LogP contribution is 2.35. The van der Waals surface area contributed by atoms with Gasteiger partial charge in [-0.05, 0) is 25.1 Å². The largest absolute Gasteiger partial charge is 0.423 e. The molecule has 2 atom stereocenters. The molecule has 2 unspecified atom stereocenters. The van der Waals surface area contributed by atoms with Crippen LogP contribution in [0.15, 0.2) is 34.9 Å². The summed E-state index contributed by atoms with van der Waals surface area (Å²) in [6.07, 6.45) is 1.82. The second-order valence-corrected chi connectivity index (χ2v) is 6.94. The average molecular weight is 339 g/mol. The first-order valence-electron chi connectivity index (χ1n) is 8.51. The summed E-state index contributed by atoms with van der Waals surface area (Å²) in [5.74, 6) is 1.59. The van der Waals surface area contributed by atoms with Crippen LogP contribution in [0.5, 0.6) is 0 Å². The Labute approximate surface area is 144 Å². The van der Waals surface area contributed by atoms with Crippen LogP contribution in [-0.4, -0.2) is 41.1 Å². The van der Waals surface area contributed by atoms with Gasteiger partial charge in [0.1, 0.15) is 11.3 Å². The number of anilines is 2. The van der Waals surface area contributed by atoms with Gasteiger partial charge in [0.15, 0.2) is 5.58 Å². The number of aromatic nitrogens is 3. The summed E-state index contributed by atoms with van der Waals surface area (Å²) in [7, 11) is 0. The van der Waals surface area contributed by atoms with Gasteiger partial charge in [-0.25, -0.2) is 14.4 Å². The van der Waals surface area contributed by atoms with Crippen LogP contribution in [0.25, 0.3) is 11.1 Å². The number of fused-ring (bicyclic) bond motifs is 2. The summed E-state index contributed by atoms with van der Waals surface area (Å²) in [4.78, 5) is 17.9. The topological polar surface area (TPSA) is 58.3 Å². The number of aryl methyl sites for hydroxylation is 1. The average Bonchev–Trinajstić information content (AvgIpc) is 3.26. The first-order valence-corrected chi connectivity index (χ1v) is 8.51. The SMILES string of the molecule is Cc1ccnc(N2CC3CN(c4nc5ccc(F)cc5o4)CC3C2)n1. The van der Waals surface area contributed by atoms with Crippen molar-refractivity contribution in [2.75, 3.05) is 36.0 Å². The summed E-state index contributed by atoms with van der Waals surface area (Å²) in [5, 5.41) is 0. The molecule has 4 heterocycles. The van der Waals surface area contributed by atoms with Crippen molar-refractivity contribution in [1.82, 2.24) is 15.0 Å². The van der Waals surface area contributed by atoms with Crippen LogP contribution in [-0.2, 0) is 0 Å². The predicted octanol–water partition coefficient (Wildman–Crippen LogP) is 2.64. The molecule has 2 fully saturated rings. The minimum Gasteiger partial charge on any atom is -0.423 e. The Balaban J connectivity index is 1.33. The van der Waals surface area contributed by atoms with E-state index in [2.05, 4.69) is 24.8 Å². The highest BCUT2D eigenvalue weighted by molar-refractivity contribution is 5.74. The molecular formula is C18H18FN5O. The molecule has 25 heavy (non-hydrogen) atoms.